The van der Waals surface area contributed by atoms with E-state index in [4.69, 9.17) is 0 Å². The maximum absolute atomic E-state index is 13.9. The van der Waals surface area contributed by atoms with Crippen LogP contribution in [0.3, 0.4) is 0 Å². The van der Waals surface area contributed by atoms with Gasteiger partial charge in [-0.15, -0.1) is 0 Å². The van der Waals surface area contributed by atoms with E-state index < -0.39 is 23.5 Å². The van der Waals surface area contributed by atoms with Gasteiger partial charge >= 0.3 is 0 Å². The first-order chi connectivity index (χ1) is 9.52. The molecule has 0 amide bonds. The van der Waals surface area contributed by atoms with E-state index >= 15 is 0 Å². The van der Waals surface area contributed by atoms with Gasteiger partial charge in [0.1, 0.15) is 17.5 Å². The lowest BCUT2D eigenvalue weighted by atomic mass is 9.98. The maximum Gasteiger partial charge on any atom is 0.129 e. The van der Waals surface area contributed by atoms with E-state index in [1.165, 1.54) is 24.3 Å². The Morgan fingerprint density at radius 3 is 2.25 bits per heavy atom. The number of benzene rings is 2. The molecule has 1 N–H and O–H groups in total. The number of hydrogen-bond donors (Lipinski definition) is 1. The van der Waals surface area contributed by atoms with Crippen LogP contribution in [-0.4, -0.2) is 7.05 Å². The first-order valence-corrected chi connectivity index (χ1v) is 6.87. The average Bonchev–Trinajstić information content (AvgIpc) is 2.40. The molecule has 0 spiro atoms. The van der Waals surface area contributed by atoms with Gasteiger partial charge in [-0.3, -0.25) is 0 Å². The SMILES string of the molecule is CNC(Cc1c(F)cccc1F)c1ccc(Br)cc1F. The summed E-state index contributed by atoms with van der Waals surface area (Å²) in [6.45, 7) is 0. The van der Waals surface area contributed by atoms with Crippen molar-refractivity contribution in [1.82, 2.24) is 5.32 Å². The Bertz CT molecular complexity index is 596. The van der Waals surface area contributed by atoms with Gasteiger partial charge in [-0.25, -0.2) is 13.2 Å². The molecule has 2 aromatic carbocycles. The molecule has 0 bridgehead atoms. The predicted octanol–water partition coefficient (Wildman–Crippen LogP) is 4.37. The largest absolute Gasteiger partial charge is 0.313 e. The van der Waals surface area contributed by atoms with Crippen LogP contribution in [0.2, 0.25) is 0 Å². The van der Waals surface area contributed by atoms with Crippen molar-refractivity contribution in [2.75, 3.05) is 7.05 Å². The Morgan fingerprint density at radius 1 is 1.05 bits per heavy atom. The molecule has 0 aliphatic heterocycles. The number of nitrogens with one attached hydrogen (secondary N) is 1. The molecule has 0 aromatic heterocycles. The van der Waals surface area contributed by atoms with Crippen LogP contribution in [0.25, 0.3) is 0 Å². The van der Waals surface area contributed by atoms with Crippen LogP contribution in [0.1, 0.15) is 17.2 Å². The molecule has 1 unspecified atom stereocenters. The van der Waals surface area contributed by atoms with Crippen LogP contribution in [0.15, 0.2) is 40.9 Å². The molecule has 2 aromatic rings. The average molecular weight is 344 g/mol. The molecular formula is C15H13BrF3N. The maximum atomic E-state index is 13.9. The third kappa shape index (κ3) is 3.22. The Labute approximate surface area is 123 Å². The van der Waals surface area contributed by atoms with Crippen LogP contribution in [0, 0.1) is 17.5 Å². The van der Waals surface area contributed by atoms with Gasteiger partial charge in [-0.1, -0.05) is 28.1 Å². The minimum atomic E-state index is -0.622. The van der Waals surface area contributed by atoms with Crippen molar-refractivity contribution in [3.8, 4) is 0 Å². The van der Waals surface area contributed by atoms with E-state index in [2.05, 4.69) is 21.2 Å². The van der Waals surface area contributed by atoms with Crippen molar-refractivity contribution < 1.29 is 13.2 Å². The molecule has 0 fully saturated rings. The summed E-state index contributed by atoms with van der Waals surface area (Å²) in [4.78, 5) is 0. The van der Waals surface area contributed by atoms with Crippen LogP contribution >= 0.6 is 15.9 Å². The summed E-state index contributed by atoms with van der Waals surface area (Å²) in [6, 6.07) is 7.82. The summed E-state index contributed by atoms with van der Waals surface area (Å²) < 4.78 is 41.9. The van der Waals surface area contributed by atoms with E-state index in [0.29, 0.717) is 10.0 Å². The second-order valence-corrected chi connectivity index (χ2v) is 5.33. The highest BCUT2D eigenvalue weighted by molar-refractivity contribution is 9.10. The molecule has 0 saturated carbocycles. The number of hydrogen-bond acceptors (Lipinski definition) is 1. The van der Waals surface area contributed by atoms with E-state index in [9.17, 15) is 13.2 Å². The van der Waals surface area contributed by atoms with Crippen molar-refractivity contribution in [3.63, 3.8) is 0 Å². The minimum absolute atomic E-state index is 0.0353. The third-order valence-electron chi connectivity index (χ3n) is 3.16. The van der Waals surface area contributed by atoms with Gasteiger partial charge < -0.3 is 5.32 Å². The normalized spacial score (nSPS) is 12.4. The van der Waals surface area contributed by atoms with Gasteiger partial charge in [0.2, 0.25) is 0 Å². The molecule has 0 aliphatic carbocycles. The van der Waals surface area contributed by atoms with Gasteiger partial charge in [-0.05, 0) is 37.7 Å². The zero-order chi connectivity index (χ0) is 14.7. The molecule has 0 aliphatic rings. The first kappa shape index (κ1) is 15.1. The lowest BCUT2D eigenvalue weighted by molar-refractivity contribution is 0.496. The fourth-order valence-electron chi connectivity index (χ4n) is 2.08. The fraction of sp³-hybridized carbons (Fsp3) is 0.200. The molecule has 1 nitrogen and oxygen atoms in total. The summed E-state index contributed by atoms with van der Waals surface area (Å²) in [6.07, 6.45) is 0.0353. The third-order valence-corrected chi connectivity index (χ3v) is 3.65. The quantitative estimate of drug-likeness (QED) is 0.869. The molecule has 0 saturated heterocycles. The monoisotopic (exact) mass is 343 g/mol. The Hall–Kier alpha value is -1.33. The van der Waals surface area contributed by atoms with Gasteiger partial charge in [-0.2, -0.15) is 0 Å². The highest BCUT2D eigenvalue weighted by atomic mass is 79.9. The van der Waals surface area contributed by atoms with Crippen LogP contribution in [0.5, 0.6) is 0 Å². The van der Waals surface area contributed by atoms with Crippen molar-refractivity contribution >= 4 is 15.9 Å². The Balaban J connectivity index is 2.34. The summed E-state index contributed by atoms with van der Waals surface area (Å²) in [7, 11) is 1.63. The zero-order valence-corrected chi connectivity index (χ0v) is 12.3. The minimum Gasteiger partial charge on any atom is -0.313 e. The molecule has 106 valence electrons. The Morgan fingerprint density at radius 2 is 1.70 bits per heavy atom. The summed E-state index contributed by atoms with van der Waals surface area (Å²) >= 11 is 3.18. The standard InChI is InChI=1S/C15H13BrF3N/c1-20-15(10-6-5-9(16)7-14(10)19)8-11-12(17)3-2-4-13(11)18/h2-7,15,20H,8H2,1H3. The molecule has 2 rings (SSSR count). The number of likely N-dealkylation sites (N-methyl/N-ethyl adjacent to an activating group) is 1. The van der Waals surface area contributed by atoms with Crippen molar-refractivity contribution in [2.24, 2.45) is 0 Å². The molecule has 1 atom stereocenters. The lowest BCUT2D eigenvalue weighted by Gasteiger charge is -2.18. The summed E-state index contributed by atoms with van der Waals surface area (Å²) in [5.74, 6) is -1.67. The predicted molar refractivity (Wildman–Crippen MR) is 76.0 cm³/mol. The van der Waals surface area contributed by atoms with Crippen molar-refractivity contribution in [3.05, 3.63) is 69.4 Å². The zero-order valence-electron chi connectivity index (χ0n) is 10.8. The number of rotatable bonds is 4. The van der Waals surface area contributed by atoms with E-state index in [0.717, 1.165) is 0 Å². The van der Waals surface area contributed by atoms with Crippen LogP contribution < -0.4 is 5.32 Å². The summed E-state index contributed by atoms with van der Waals surface area (Å²) in [5.41, 5.74) is 0.326. The molecule has 0 heterocycles. The molecular weight excluding hydrogens is 331 g/mol. The van der Waals surface area contributed by atoms with Crippen LogP contribution in [0.4, 0.5) is 13.2 Å². The number of halogens is 4. The van der Waals surface area contributed by atoms with E-state index in [1.807, 2.05) is 0 Å². The van der Waals surface area contributed by atoms with Gasteiger partial charge in [0, 0.05) is 21.6 Å². The van der Waals surface area contributed by atoms with Gasteiger partial charge in [0.15, 0.2) is 0 Å². The van der Waals surface area contributed by atoms with Crippen molar-refractivity contribution in [2.45, 2.75) is 12.5 Å². The van der Waals surface area contributed by atoms with E-state index in [-0.39, 0.29) is 12.0 Å². The lowest BCUT2D eigenvalue weighted by Crippen LogP contribution is -2.21. The molecule has 20 heavy (non-hydrogen) atoms. The fourth-order valence-corrected chi connectivity index (χ4v) is 2.42. The van der Waals surface area contributed by atoms with E-state index in [1.54, 1.807) is 19.2 Å². The second kappa shape index (κ2) is 6.41. The topological polar surface area (TPSA) is 12.0 Å². The van der Waals surface area contributed by atoms with Gasteiger partial charge in [0.05, 0.1) is 0 Å². The van der Waals surface area contributed by atoms with Crippen molar-refractivity contribution in [1.29, 1.82) is 0 Å². The van der Waals surface area contributed by atoms with Gasteiger partial charge in [0.25, 0.3) is 0 Å². The summed E-state index contributed by atoms with van der Waals surface area (Å²) in [5, 5.41) is 2.89. The van der Waals surface area contributed by atoms with Crippen LogP contribution in [-0.2, 0) is 6.42 Å². The highest BCUT2D eigenvalue weighted by Gasteiger charge is 2.19. The smallest absolute Gasteiger partial charge is 0.129 e. The first-order valence-electron chi connectivity index (χ1n) is 6.08. The highest BCUT2D eigenvalue weighted by Crippen LogP contribution is 2.25. The molecule has 5 heteroatoms. The molecule has 0 radical (unpaired) electrons. The second-order valence-electron chi connectivity index (χ2n) is 4.41. The Kier molecular flexibility index (Phi) is 4.83.